The van der Waals surface area contributed by atoms with Gasteiger partial charge in [0, 0.05) is 50.6 Å². The molecule has 5 nitrogen and oxygen atoms in total. The lowest BCUT2D eigenvalue weighted by molar-refractivity contribution is 0.669. The Kier molecular flexibility index (Phi) is 6.56. The van der Waals surface area contributed by atoms with Crippen LogP contribution in [0.25, 0.3) is 56.8 Å². The highest BCUT2D eigenvalue weighted by Crippen LogP contribution is 2.57. The van der Waals surface area contributed by atoms with Crippen LogP contribution in [0.1, 0.15) is 28.8 Å². The minimum Gasteiger partial charge on any atom is -0.333 e. The molecule has 1 aliphatic carbocycles. The Morgan fingerprint density at radius 3 is 1.76 bits per heavy atom. The van der Waals surface area contributed by atoms with E-state index >= 15 is 0 Å². The summed E-state index contributed by atoms with van der Waals surface area (Å²) in [6.07, 6.45) is 4.74. The first-order chi connectivity index (χ1) is 24.8. The fraction of sp³-hybridized carbons (Fsp3) is 0.0444. The lowest BCUT2D eigenvalue weighted by Crippen LogP contribution is -2.24. The fourth-order valence-electron chi connectivity index (χ4n) is 7.83. The molecule has 8 aromatic rings. The van der Waals surface area contributed by atoms with E-state index < -0.39 is 0 Å². The topological polar surface area (TPSA) is 46.8 Å². The van der Waals surface area contributed by atoms with Gasteiger partial charge in [-0.15, -0.1) is 0 Å². The predicted octanol–water partition coefficient (Wildman–Crippen LogP) is 10.8. The van der Waals surface area contributed by atoms with Gasteiger partial charge in [-0.05, 0) is 48.0 Å². The number of nitrogens with zero attached hydrogens (tertiary/aromatic N) is 5. The van der Waals surface area contributed by atoms with Crippen LogP contribution in [0, 0.1) is 0 Å². The normalized spacial score (nSPS) is 15.9. The molecular weight excluding hydrogens is 611 g/mol. The second-order valence-corrected chi connectivity index (χ2v) is 12.8. The number of anilines is 2. The van der Waals surface area contributed by atoms with Crippen LogP contribution in [-0.2, 0) is 0 Å². The summed E-state index contributed by atoms with van der Waals surface area (Å²) < 4.78 is 2.41. The quantitative estimate of drug-likeness (QED) is 0.188. The summed E-state index contributed by atoms with van der Waals surface area (Å²) in [6, 6.07) is 57.4. The first kappa shape index (κ1) is 28.4. The second-order valence-electron chi connectivity index (χ2n) is 12.8. The van der Waals surface area contributed by atoms with Crippen molar-refractivity contribution in [3.8, 4) is 39.9 Å². The van der Waals surface area contributed by atoms with Gasteiger partial charge in [-0.2, -0.15) is 0 Å². The molecule has 50 heavy (non-hydrogen) atoms. The Morgan fingerprint density at radius 2 is 1.04 bits per heavy atom. The summed E-state index contributed by atoms with van der Waals surface area (Å²) in [7, 11) is 0. The first-order valence-electron chi connectivity index (χ1n) is 17.0. The zero-order valence-corrected chi connectivity index (χ0v) is 27.1. The summed E-state index contributed by atoms with van der Waals surface area (Å²) in [5, 5.41) is 1.28. The fourth-order valence-corrected chi connectivity index (χ4v) is 7.83. The molecule has 0 spiro atoms. The van der Waals surface area contributed by atoms with Crippen molar-refractivity contribution >= 4 is 28.4 Å². The van der Waals surface area contributed by atoms with E-state index in [1.807, 2.05) is 60.7 Å². The van der Waals surface area contributed by atoms with E-state index in [1.165, 1.54) is 33.4 Å². The van der Waals surface area contributed by atoms with Crippen molar-refractivity contribution in [2.45, 2.75) is 12.0 Å². The van der Waals surface area contributed by atoms with Gasteiger partial charge in [0.1, 0.15) is 0 Å². The molecule has 2 aromatic heterocycles. The number of hydrogen-bond donors (Lipinski definition) is 0. The molecule has 2 atom stereocenters. The smallest absolute Gasteiger partial charge is 0.164 e. The van der Waals surface area contributed by atoms with Crippen LogP contribution in [0.4, 0.5) is 11.4 Å². The summed E-state index contributed by atoms with van der Waals surface area (Å²) in [4.78, 5) is 17.6. The third-order valence-electron chi connectivity index (χ3n) is 9.98. The van der Waals surface area contributed by atoms with Gasteiger partial charge >= 0.3 is 0 Å². The van der Waals surface area contributed by atoms with Gasteiger partial charge in [-0.1, -0.05) is 133 Å². The van der Waals surface area contributed by atoms with Crippen molar-refractivity contribution in [3.05, 3.63) is 187 Å². The molecule has 3 heterocycles. The number of rotatable bonds is 5. The highest BCUT2D eigenvalue weighted by atomic mass is 15.2. The van der Waals surface area contributed by atoms with E-state index in [2.05, 4.69) is 125 Å². The third kappa shape index (κ3) is 4.51. The molecule has 0 radical (unpaired) electrons. The number of fused-ring (bicyclic) bond motifs is 7. The van der Waals surface area contributed by atoms with E-state index in [0.717, 1.165) is 28.1 Å². The van der Waals surface area contributed by atoms with Crippen LogP contribution in [0.2, 0.25) is 0 Å². The van der Waals surface area contributed by atoms with Crippen molar-refractivity contribution in [1.82, 2.24) is 19.5 Å². The lowest BCUT2D eigenvalue weighted by atomic mass is 9.84. The van der Waals surface area contributed by atoms with Gasteiger partial charge < -0.3 is 9.47 Å². The van der Waals surface area contributed by atoms with Crippen LogP contribution >= 0.6 is 0 Å². The van der Waals surface area contributed by atoms with E-state index in [0.29, 0.717) is 17.5 Å². The van der Waals surface area contributed by atoms with E-state index in [1.54, 1.807) is 0 Å². The van der Waals surface area contributed by atoms with Gasteiger partial charge in [0.15, 0.2) is 17.5 Å². The van der Waals surface area contributed by atoms with Gasteiger partial charge in [0.2, 0.25) is 0 Å². The van der Waals surface area contributed by atoms with Crippen LogP contribution < -0.4 is 4.90 Å². The Balaban J connectivity index is 1.16. The largest absolute Gasteiger partial charge is 0.333 e. The molecule has 1 aliphatic heterocycles. The SMILES string of the molecule is C1=CC2c3ccccc3N(c3cccc(-c4nc(-c5ccccc5)nc(-c5ccccc5)n4)c3)C2c2c1n(-c1ccccc1)c1ccccc21. The second kappa shape index (κ2) is 11.5. The Morgan fingerprint density at radius 1 is 0.480 bits per heavy atom. The van der Waals surface area contributed by atoms with E-state index in [-0.39, 0.29) is 12.0 Å². The zero-order chi connectivity index (χ0) is 33.0. The van der Waals surface area contributed by atoms with Crippen LogP contribution in [-0.4, -0.2) is 19.5 Å². The van der Waals surface area contributed by atoms with E-state index in [9.17, 15) is 0 Å². The van der Waals surface area contributed by atoms with Gasteiger partial charge in [0.05, 0.1) is 17.3 Å². The molecule has 2 unspecified atom stereocenters. The molecule has 6 aromatic carbocycles. The van der Waals surface area contributed by atoms with Crippen molar-refractivity contribution in [1.29, 1.82) is 0 Å². The van der Waals surface area contributed by atoms with Crippen LogP contribution in [0.15, 0.2) is 170 Å². The van der Waals surface area contributed by atoms with Gasteiger partial charge in [0.25, 0.3) is 0 Å². The average Bonchev–Trinajstić information content (AvgIpc) is 3.72. The summed E-state index contributed by atoms with van der Waals surface area (Å²) in [5.41, 5.74) is 11.5. The predicted molar refractivity (Wildman–Crippen MR) is 203 cm³/mol. The highest BCUT2D eigenvalue weighted by molar-refractivity contribution is 5.94. The minimum atomic E-state index is 0.0654. The van der Waals surface area contributed by atoms with Crippen molar-refractivity contribution in [3.63, 3.8) is 0 Å². The molecule has 0 saturated heterocycles. The molecule has 10 rings (SSSR count). The van der Waals surface area contributed by atoms with Crippen molar-refractivity contribution in [2.75, 3.05) is 4.90 Å². The molecular formula is C45H31N5. The Hall–Kier alpha value is -6.59. The highest BCUT2D eigenvalue weighted by Gasteiger charge is 2.43. The van der Waals surface area contributed by atoms with Crippen LogP contribution in [0.5, 0.6) is 0 Å². The number of aromatic nitrogens is 4. The molecule has 5 heteroatoms. The lowest BCUT2D eigenvalue weighted by Gasteiger charge is -2.32. The monoisotopic (exact) mass is 641 g/mol. The zero-order valence-electron chi connectivity index (χ0n) is 27.1. The maximum Gasteiger partial charge on any atom is 0.164 e. The molecule has 0 amide bonds. The molecule has 0 N–H and O–H groups in total. The van der Waals surface area contributed by atoms with E-state index in [4.69, 9.17) is 15.0 Å². The number of benzene rings is 6. The summed E-state index contributed by atoms with van der Waals surface area (Å²) >= 11 is 0. The van der Waals surface area contributed by atoms with Crippen molar-refractivity contribution in [2.24, 2.45) is 0 Å². The van der Waals surface area contributed by atoms with Gasteiger partial charge in [-0.25, -0.2) is 15.0 Å². The molecule has 0 fully saturated rings. The molecule has 2 aliphatic rings. The molecule has 236 valence electrons. The summed E-state index contributed by atoms with van der Waals surface area (Å²) in [6.45, 7) is 0. The summed E-state index contributed by atoms with van der Waals surface area (Å²) in [5.74, 6) is 2.15. The third-order valence-corrected chi connectivity index (χ3v) is 9.98. The number of hydrogen-bond acceptors (Lipinski definition) is 4. The Labute approximate surface area is 290 Å². The van der Waals surface area contributed by atoms with Crippen LogP contribution in [0.3, 0.4) is 0 Å². The molecule has 0 saturated carbocycles. The maximum absolute atomic E-state index is 5.05. The van der Waals surface area contributed by atoms with Gasteiger partial charge in [-0.3, -0.25) is 0 Å². The maximum atomic E-state index is 5.05. The first-order valence-corrected chi connectivity index (χ1v) is 17.0. The standard InChI is InChI=1S/C45H31N5/c1-4-15-30(16-5-1)43-46-44(31-17-6-2-7-18-31)48-45(47-43)32-19-14-22-34(29-32)50-38-25-12-10-23-35(38)36-27-28-40-41(42(36)50)37-24-11-13-26-39(37)49(40)33-20-8-3-9-21-33/h1-29,36,42H. The minimum absolute atomic E-state index is 0.0654. The number of para-hydroxylation sites is 3. The molecule has 0 bridgehead atoms. The average molecular weight is 642 g/mol. The van der Waals surface area contributed by atoms with Crippen molar-refractivity contribution < 1.29 is 0 Å². The Bertz CT molecular complexity index is 2500.